The van der Waals surface area contributed by atoms with Gasteiger partial charge in [0.2, 0.25) is 0 Å². The van der Waals surface area contributed by atoms with Crippen LogP contribution in [0.15, 0.2) is 0 Å². The molecule has 0 aliphatic rings. The summed E-state index contributed by atoms with van der Waals surface area (Å²) in [5.74, 6) is 0.945. The highest BCUT2D eigenvalue weighted by atomic mass is 32.1. The van der Waals surface area contributed by atoms with Crippen molar-refractivity contribution in [3.63, 3.8) is 0 Å². The third-order valence-corrected chi connectivity index (χ3v) is 2.43. The van der Waals surface area contributed by atoms with Crippen molar-refractivity contribution < 1.29 is 13.9 Å². The molecule has 0 fully saturated rings. The van der Waals surface area contributed by atoms with Crippen molar-refractivity contribution in [2.45, 2.75) is 19.3 Å². The van der Waals surface area contributed by atoms with Gasteiger partial charge < -0.3 is 13.9 Å². The quantitative estimate of drug-likeness (QED) is 0.321. The summed E-state index contributed by atoms with van der Waals surface area (Å²) in [6, 6.07) is 0. The molecule has 0 heterocycles. The standard InChI is InChI=1S/C9H22O3SSi/c13-9-2-1-4-10-7-8-11-5-3-6-12-14/h13H,1-9H2,14H3. The summed E-state index contributed by atoms with van der Waals surface area (Å²) >= 11 is 4.12. The first-order valence-corrected chi connectivity index (χ1v) is 6.62. The molecule has 0 aromatic heterocycles. The highest BCUT2D eigenvalue weighted by Gasteiger charge is 1.90. The fraction of sp³-hybridized carbons (Fsp3) is 1.00. The lowest BCUT2D eigenvalue weighted by Crippen LogP contribution is -2.07. The van der Waals surface area contributed by atoms with Crippen molar-refractivity contribution in [1.29, 1.82) is 0 Å². The third kappa shape index (κ3) is 12.4. The van der Waals surface area contributed by atoms with Gasteiger partial charge >= 0.3 is 0 Å². The van der Waals surface area contributed by atoms with Gasteiger partial charge in [-0.3, -0.25) is 0 Å². The van der Waals surface area contributed by atoms with Crippen molar-refractivity contribution in [2.24, 2.45) is 0 Å². The molecule has 0 aliphatic heterocycles. The zero-order chi connectivity index (χ0) is 10.5. The Kier molecular flexibility index (Phi) is 13.9. The SMILES string of the molecule is [SiH3]OCCCOCCOCCCCS. The van der Waals surface area contributed by atoms with Crippen LogP contribution in [0.4, 0.5) is 0 Å². The predicted molar refractivity (Wildman–Crippen MR) is 65.2 cm³/mol. The van der Waals surface area contributed by atoms with Crippen LogP contribution in [0.1, 0.15) is 19.3 Å². The smallest absolute Gasteiger partial charge is 0.145 e. The maximum Gasteiger partial charge on any atom is 0.145 e. The maximum atomic E-state index is 5.36. The second-order valence-corrected chi connectivity index (χ2v) is 4.03. The van der Waals surface area contributed by atoms with Crippen LogP contribution in [-0.4, -0.2) is 49.3 Å². The van der Waals surface area contributed by atoms with Crippen LogP contribution < -0.4 is 0 Å². The van der Waals surface area contributed by atoms with E-state index in [1.165, 1.54) is 0 Å². The fourth-order valence-corrected chi connectivity index (χ4v) is 1.46. The predicted octanol–water partition coefficient (Wildman–Crippen LogP) is 0.417. The van der Waals surface area contributed by atoms with Gasteiger partial charge in [0.05, 0.1) is 13.2 Å². The highest BCUT2D eigenvalue weighted by molar-refractivity contribution is 7.80. The molecule has 0 aromatic rings. The van der Waals surface area contributed by atoms with E-state index in [-0.39, 0.29) is 0 Å². The molecule has 5 heteroatoms. The first-order valence-electron chi connectivity index (χ1n) is 5.17. The summed E-state index contributed by atoms with van der Waals surface area (Å²) in [6.07, 6.45) is 3.21. The van der Waals surface area contributed by atoms with Crippen molar-refractivity contribution in [3.8, 4) is 0 Å². The summed E-state index contributed by atoms with van der Waals surface area (Å²) in [4.78, 5) is 0. The minimum Gasteiger partial charge on any atom is -0.428 e. The van der Waals surface area contributed by atoms with Gasteiger partial charge in [-0.1, -0.05) is 0 Å². The molecule has 0 N–H and O–H groups in total. The summed E-state index contributed by atoms with van der Waals surface area (Å²) in [7, 11) is 0.823. The highest BCUT2D eigenvalue weighted by Crippen LogP contribution is 1.92. The van der Waals surface area contributed by atoms with Crippen LogP contribution >= 0.6 is 12.6 Å². The summed E-state index contributed by atoms with van der Waals surface area (Å²) in [6.45, 7) is 3.83. The second kappa shape index (κ2) is 13.4. The zero-order valence-electron chi connectivity index (χ0n) is 9.04. The molecule has 0 rings (SSSR count). The Balaban J connectivity index is 2.78. The van der Waals surface area contributed by atoms with E-state index in [1.807, 2.05) is 0 Å². The largest absolute Gasteiger partial charge is 0.428 e. The van der Waals surface area contributed by atoms with E-state index in [1.54, 1.807) is 0 Å². The number of hydrogen-bond acceptors (Lipinski definition) is 4. The van der Waals surface area contributed by atoms with Gasteiger partial charge in [-0.15, -0.1) is 0 Å². The molecule has 0 saturated heterocycles. The Hall–Kier alpha value is 0.447. The first-order chi connectivity index (χ1) is 6.91. The molecule has 0 spiro atoms. The van der Waals surface area contributed by atoms with Crippen molar-refractivity contribution in [2.75, 3.05) is 38.8 Å². The van der Waals surface area contributed by atoms with Gasteiger partial charge in [-0.25, -0.2) is 0 Å². The fourth-order valence-electron chi connectivity index (χ4n) is 0.943. The van der Waals surface area contributed by atoms with Crippen molar-refractivity contribution >= 4 is 23.1 Å². The topological polar surface area (TPSA) is 27.7 Å². The third-order valence-electron chi connectivity index (χ3n) is 1.71. The Morgan fingerprint density at radius 3 is 2.00 bits per heavy atom. The van der Waals surface area contributed by atoms with Crippen molar-refractivity contribution in [3.05, 3.63) is 0 Å². The number of thiol groups is 1. The van der Waals surface area contributed by atoms with Crippen LogP contribution in [0, 0.1) is 0 Å². The van der Waals surface area contributed by atoms with Gasteiger partial charge in [-0.05, 0) is 25.0 Å². The lowest BCUT2D eigenvalue weighted by Gasteiger charge is -2.05. The van der Waals surface area contributed by atoms with Crippen LogP contribution in [0.5, 0.6) is 0 Å². The molecule has 0 saturated carbocycles. The molecule has 0 aliphatic carbocycles. The molecule has 0 unspecified atom stereocenters. The van der Waals surface area contributed by atoms with E-state index in [4.69, 9.17) is 13.9 Å². The van der Waals surface area contributed by atoms with E-state index in [0.717, 1.165) is 55.3 Å². The maximum absolute atomic E-state index is 5.36. The van der Waals surface area contributed by atoms with Crippen LogP contribution in [-0.2, 0) is 13.9 Å². The Morgan fingerprint density at radius 1 is 0.786 bits per heavy atom. The van der Waals surface area contributed by atoms with E-state index in [2.05, 4.69) is 12.6 Å². The van der Waals surface area contributed by atoms with Crippen LogP contribution in [0.25, 0.3) is 0 Å². The average molecular weight is 238 g/mol. The normalized spacial score (nSPS) is 10.9. The zero-order valence-corrected chi connectivity index (χ0v) is 11.9. The first kappa shape index (κ1) is 14.4. The molecule has 3 nitrogen and oxygen atoms in total. The molecule has 86 valence electrons. The number of ether oxygens (including phenoxy) is 2. The lowest BCUT2D eigenvalue weighted by atomic mass is 10.4. The van der Waals surface area contributed by atoms with Gasteiger partial charge in [0, 0.05) is 19.8 Å². The Labute approximate surface area is 95.4 Å². The van der Waals surface area contributed by atoms with Crippen molar-refractivity contribution in [1.82, 2.24) is 0 Å². The van der Waals surface area contributed by atoms with E-state index in [0.29, 0.717) is 13.2 Å². The summed E-state index contributed by atoms with van der Waals surface area (Å²) in [5.41, 5.74) is 0. The average Bonchev–Trinajstić information content (AvgIpc) is 2.21. The molecule has 0 amide bonds. The Morgan fingerprint density at radius 2 is 1.43 bits per heavy atom. The molecule has 0 atom stereocenters. The van der Waals surface area contributed by atoms with E-state index >= 15 is 0 Å². The number of hydrogen-bond donors (Lipinski definition) is 1. The van der Waals surface area contributed by atoms with Gasteiger partial charge in [0.1, 0.15) is 10.5 Å². The van der Waals surface area contributed by atoms with Gasteiger partial charge in [0.15, 0.2) is 0 Å². The summed E-state index contributed by atoms with van der Waals surface area (Å²) in [5, 5.41) is 0. The minimum atomic E-state index is 0.696. The van der Waals surface area contributed by atoms with Gasteiger partial charge in [-0.2, -0.15) is 12.6 Å². The second-order valence-electron chi connectivity index (χ2n) is 3.00. The van der Waals surface area contributed by atoms with Gasteiger partial charge in [0.25, 0.3) is 0 Å². The molecule has 0 bridgehead atoms. The van der Waals surface area contributed by atoms with E-state index < -0.39 is 0 Å². The molecule has 0 aromatic carbocycles. The lowest BCUT2D eigenvalue weighted by molar-refractivity contribution is 0.0429. The van der Waals surface area contributed by atoms with E-state index in [9.17, 15) is 0 Å². The molecular weight excluding hydrogens is 216 g/mol. The number of unbranched alkanes of at least 4 members (excludes halogenated alkanes) is 1. The minimum absolute atomic E-state index is 0.696. The molecular formula is C9H22O3SSi. The van der Waals surface area contributed by atoms with Crippen LogP contribution in [0.3, 0.4) is 0 Å². The Bertz CT molecular complexity index is 94.1. The van der Waals surface area contributed by atoms with Crippen LogP contribution in [0.2, 0.25) is 0 Å². The number of rotatable bonds is 11. The molecule has 14 heavy (non-hydrogen) atoms. The summed E-state index contributed by atoms with van der Waals surface area (Å²) < 4.78 is 15.7. The monoisotopic (exact) mass is 238 g/mol. The molecule has 0 radical (unpaired) electrons.